The SMILES string of the molecule is COC1OC(COS(=O)(=O)O)C(O)C(OC2OC(C(=O)O)C(O)C(OC)C2O)C1NC(C)=O. The van der Waals surface area contributed by atoms with Crippen LogP contribution in [-0.2, 0) is 47.9 Å². The quantitative estimate of drug-likeness (QED) is 0.164. The summed E-state index contributed by atoms with van der Waals surface area (Å²) >= 11 is 0. The van der Waals surface area contributed by atoms with Gasteiger partial charge in [-0.2, -0.15) is 8.42 Å². The highest BCUT2D eigenvalue weighted by atomic mass is 32.3. The van der Waals surface area contributed by atoms with E-state index in [4.69, 9.17) is 28.2 Å². The van der Waals surface area contributed by atoms with Gasteiger partial charge in [0, 0.05) is 21.1 Å². The zero-order valence-corrected chi connectivity index (χ0v) is 18.5. The van der Waals surface area contributed by atoms with Gasteiger partial charge in [0.15, 0.2) is 18.7 Å². The predicted octanol–water partition coefficient (Wildman–Crippen LogP) is -4.03. The first-order valence-corrected chi connectivity index (χ1v) is 10.8. The van der Waals surface area contributed by atoms with Crippen molar-refractivity contribution in [1.82, 2.24) is 5.32 Å². The second kappa shape index (κ2) is 11.3. The Hall–Kier alpha value is -1.51. The van der Waals surface area contributed by atoms with Gasteiger partial charge < -0.3 is 49.4 Å². The number of aliphatic hydroxyl groups excluding tert-OH is 3. The number of methoxy groups -OCH3 is 2. The number of amides is 1. The monoisotopic (exact) mass is 505 g/mol. The molecule has 6 N–H and O–H groups in total. The van der Waals surface area contributed by atoms with Gasteiger partial charge >= 0.3 is 16.4 Å². The molecule has 2 rings (SSSR count). The van der Waals surface area contributed by atoms with Crippen LogP contribution in [0.1, 0.15) is 6.92 Å². The second-order valence-electron chi connectivity index (χ2n) is 7.25. The molecule has 2 saturated heterocycles. The van der Waals surface area contributed by atoms with Crippen molar-refractivity contribution in [2.45, 2.75) is 68.3 Å². The summed E-state index contributed by atoms with van der Waals surface area (Å²) in [4.78, 5) is 23.1. The minimum atomic E-state index is -4.91. The van der Waals surface area contributed by atoms with Crippen LogP contribution in [0, 0.1) is 0 Å². The van der Waals surface area contributed by atoms with Crippen LogP contribution in [0.5, 0.6) is 0 Å². The van der Waals surface area contributed by atoms with Gasteiger partial charge in [-0.1, -0.05) is 0 Å². The van der Waals surface area contributed by atoms with Gasteiger partial charge in [-0.15, -0.1) is 0 Å². The first-order valence-electron chi connectivity index (χ1n) is 9.48. The van der Waals surface area contributed by atoms with E-state index < -0.39 is 90.2 Å². The number of carboxylic acids is 1. The number of carboxylic acid groups (broad SMARTS) is 1. The second-order valence-corrected chi connectivity index (χ2v) is 8.34. The highest BCUT2D eigenvalue weighted by Gasteiger charge is 2.53. The van der Waals surface area contributed by atoms with Crippen LogP contribution < -0.4 is 5.32 Å². The largest absolute Gasteiger partial charge is 0.479 e. The first-order chi connectivity index (χ1) is 15.3. The minimum absolute atomic E-state index is 0.613. The third-order valence-corrected chi connectivity index (χ3v) is 5.44. The number of aliphatic hydroxyl groups is 3. The number of hydrogen-bond acceptors (Lipinski definition) is 13. The first kappa shape index (κ1) is 27.7. The summed E-state index contributed by atoms with van der Waals surface area (Å²) in [6.45, 7) is 0.241. The molecule has 16 nitrogen and oxygen atoms in total. The maximum Gasteiger partial charge on any atom is 0.397 e. The molecule has 2 heterocycles. The van der Waals surface area contributed by atoms with Crippen LogP contribution in [0.15, 0.2) is 0 Å². The Morgan fingerprint density at radius 1 is 0.970 bits per heavy atom. The molecule has 0 spiro atoms. The van der Waals surface area contributed by atoms with Gasteiger partial charge in [0.05, 0.1) is 6.61 Å². The number of rotatable bonds is 9. The molecule has 0 aliphatic carbocycles. The van der Waals surface area contributed by atoms with Gasteiger partial charge in [-0.05, 0) is 0 Å². The van der Waals surface area contributed by atoms with Gasteiger partial charge in [-0.3, -0.25) is 9.35 Å². The lowest BCUT2D eigenvalue weighted by Gasteiger charge is -2.47. The average Bonchev–Trinajstić information content (AvgIpc) is 2.70. The van der Waals surface area contributed by atoms with Crippen molar-refractivity contribution in [1.29, 1.82) is 0 Å². The predicted molar refractivity (Wildman–Crippen MR) is 101 cm³/mol. The summed E-state index contributed by atoms with van der Waals surface area (Å²) in [5.41, 5.74) is 0. The molecule has 1 amide bonds. The third kappa shape index (κ3) is 6.76. The van der Waals surface area contributed by atoms with Crippen molar-refractivity contribution in [2.75, 3.05) is 20.8 Å². The lowest BCUT2D eigenvalue weighted by molar-refractivity contribution is -0.339. The molecule has 33 heavy (non-hydrogen) atoms. The summed E-state index contributed by atoms with van der Waals surface area (Å²) in [6, 6.07) is -1.27. The molecule has 0 bridgehead atoms. The lowest BCUT2D eigenvalue weighted by atomic mass is 9.95. The van der Waals surface area contributed by atoms with E-state index in [0.29, 0.717) is 0 Å². The Morgan fingerprint density at radius 2 is 1.61 bits per heavy atom. The highest BCUT2D eigenvalue weighted by molar-refractivity contribution is 7.80. The molecule has 0 saturated carbocycles. The number of aliphatic carboxylic acids is 1. The summed E-state index contributed by atoms with van der Waals surface area (Å²) in [6.07, 6.45) is -14.8. The fraction of sp³-hybridized carbons (Fsp3) is 0.875. The van der Waals surface area contributed by atoms with Crippen molar-refractivity contribution in [2.24, 2.45) is 0 Å². The molecule has 192 valence electrons. The Bertz CT molecular complexity index is 793. The number of nitrogens with one attached hydrogen (secondary N) is 1. The maximum absolute atomic E-state index is 11.7. The van der Waals surface area contributed by atoms with E-state index in [1.807, 2.05) is 0 Å². The Morgan fingerprint density at radius 3 is 2.09 bits per heavy atom. The summed E-state index contributed by atoms with van der Waals surface area (Å²) < 4.78 is 61.1. The maximum atomic E-state index is 11.7. The number of carbonyl (C=O) groups excluding carboxylic acids is 1. The van der Waals surface area contributed by atoms with Crippen molar-refractivity contribution in [3.8, 4) is 0 Å². The molecule has 2 aliphatic heterocycles. The van der Waals surface area contributed by atoms with Gasteiger partial charge in [0.2, 0.25) is 5.91 Å². The van der Waals surface area contributed by atoms with Crippen LogP contribution in [-0.4, -0.2) is 127 Å². The van der Waals surface area contributed by atoms with E-state index in [1.165, 1.54) is 7.11 Å². The summed E-state index contributed by atoms with van der Waals surface area (Å²) in [5.74, 6) is -2.21. The van der Waals surface area contributed by atoms with Crippen LogP contribution in [0.4, 0.5) is 0 Å². The standard InChI is InChI=1S/C16H27NO15S/c1-5(18)17-7-11(8(19)6(30-15(7)28-3)4-29-33(24,25)26)31-16-10(21)12(27-2)9(20)13(32-16)14(22)23/h6-13,15-16,19-21H,4H2,1-3H3,(H,17,18)(H,22,23)(H,24,25,26). The molecule has 2 fully saturated rings. The van der Waals surface area contributed by atoms with Crippen LogP contribution in [0.2, 0.25) is 0 Å². The Balaban J connectivity index is 2.35. The molecule has 0 aromatic heterocycles. The number of hydrogen-bond donors (Lipinski definition) is 6. The van der Waals surface area contributed by atoms with Gasteiger partial charge in [-0.25, -0.2) is 8.98 Å². The third-order valence-electron chi connectivity index (χ3n) is 5.01. The molecule has 0 aromatic carbocycles. The highest BCUT2D eigenvalue weighted by Crippen LogP contribution is 2.30. The number of carbonyl (C=O) groups is 2. The molecule has 2 aliphatic rings. The van der Waals surface area contributed by atoms with Crippen molar-refractivity contribution >= 4 is 22.3 Å². The van der Waals surface area contributed by atoms with Crippen LogP contribution in [0.25, 0.3) is 0 Å². The van der Waals surface area contributed by atoms with E-state index >= 15 is 0 Å². The minimum Gasteiger partial charge on any atom is -0.479 e. The van der Waals surface area contributed by atoms with Crippen LogP contribution >= 0.6 is 0 Å². The molecule has 17 heteroatoms. The van der Waals surface area contributed by atoms with Crippen molar-refractivity contribution < 1.29 is 70.9 Å². The van der Waals surface area contributed by atoms with Crippen molar-refractivity contribution in [3.63, 3.8) is 0 Å². The van der Waals surface area contributed by atoms with Gasteiger partial charge in [0.25, 0.3) is 0 Å². The van der Waals surface area contributed by atoms with Crippen molar-refractivity contribution in [3.05, 3.63) is 0 Å². The Labute approximate surface area is 188 Å². The number of ether oxygens (including phenoxy) is 5. The van der Waals surface area contributed by atoms with Gasteiger partial charge in [0.1, 0.15) is 42.7 Å². The normalized spacial score (nSPS) is 39.7. The zero-order valence-electron chi connectivity index (χ0n) is 17.7. The smallest absolute Gasteiger partial charge is 0.397 e. The summed E-state index contributed by atoms with van der Waals surface area (Å²) in [7, 11) is -2.64. The fourth-order valence-electron chi connectivity index (χ4n) is 3.54. The molecule has 10 atom stereocenters. The van der Waals surface area contributed by atoms with E-state index in [9.17, 15) is 38.4 Å². The van der Waals surface area contributed by atoms with E-state index in [2.05, 4.69) is 9.50 Å². The van der Waals surface area contributed by atoms with E-state index in [0.717, 1.165) is 14.0 Å². The Kier molecular flexibility index (Phi) is 9.48. The molecular formula is C16H27NO15S. The van der Waals surface area contributed by atoms with Crippen LogP contribution in [0.3, 0.4) is 0 Å². The topological polar surface area (TPSA) is 237 Å². The molecule has 0 radical (unpaired) electrons. The van der Waals surface area contributed by atoms with E-state index in [-0.39, 0.29) is 0 Å². The zero-order chi connectivity index (χ0) is 25.1. The summed E-state index contributed by atoms with van der Waals surface area (Å²) in [5, 5.41) is 43.0. The van der Waals surface area contributed by atoms with E-state index in [1.54, 1.807) is 0 Å². The molecular weight excluding hydrogens is 478 g/mol. The molecule has 0 aromatic rings. The lowest BCUT2D eigenvalue weighted by Crippen LogP contribution is -2.68. The average molecular weight is 505 g/mol. The fourth-order valence-corrected chi connectivity index (χ4v) is 3.85. The molecule has 10 unspecified atom stereocenters.